The molecule has 1 amide bonds. The number of anilines is 1. The van der Waals surface area contributed by atoms with Crippen LogP contribution in [0.5, 0.6) is 5.75 Å². The van der Waals surface area contributed by atoms with Crippen molar-refractivity contribution in [3.63, 3.8) is 0 Å². The maximum Gasteiger partial charge on any atom is 0.265 e. The van der Waals surface area contributed by atoms with Crippen LogP contribution in [0.15, 0.2) is 48.5 Å². The first-order valence-corrected chi connectivity index (χ1v) is 8.36. The van der Waals surface area contributed by atoms with Crippen LogP contribution in [0, 0.1) is 0 Å². The Hall–Kier alpha value is -2.62. The molecule has 0 spiro atoms. The van der Waals surface area contributed by atoms with Gasteiger partial charge >= 0.3 is 0 Å². The van der Waals surface area contributed by atoms with Crippen molar-refractivity contribution in [2.75, 3.05) is 5.32 Å². The Morgan fingerprint density at radius 2 is 1.60 bits per heavy atom. The summed E-state index contributed by atoms with van der Waals surface area (Å²) in [6.45, 7) is 9.55. The van der Waals surface area contributed by atoms with Crippen LogP contribution in [0.2, 0.25) is 0 Å². The van der Waals surface area contributed by atoms with Crippen molar-refractivity contribution in [1.82, 2.24) is 0 Å². The van der Waals surface area contributed by atoms with Gasteiger partial charge in [0.15, 0.2) is 11.9 Å². The first kappa shape index (κ1) is 18.7. The SMILES string of the molecule is CC(=O)c1ccc(NC(=O)C(C)Oc2ccccc2C(C)(C)C)cc1. The number of ether oxygens (including phenoxy) is 1. The van der Waals surface area contributed by atoms with E-state index in [0.29, 0.717) is 17.0 Å². The molecule has 0 saturated heterocycles. The highest BCUT2D eigenvalue weighted by molar-refractivity contribution is 5.96. The number of benzene rings is 2. The average molecular weight is 339 g/mol. The summed E-state index contributed by atoms with van der Waals surface area (Å²) in [6, 6.07) is 14.6. The second kappa shape index (κ2) is 7.51. The first-order valence-electron chi connectivity index (χ1n) is 8.36. The summed E-state index contributed by atoms with van der Waals surface area (Å²) in [6.07, 6.45) is -0.643. The standard InChI is InChI=1S/C21H25NO3/c1-14(23)16-10-12-17(13-11-16)22-20(24)15(2)25-19-9-7-6-8-18(19)21(3,4)5/h6-13,15H,1-5H3,(H,22,24). The van der Waals surface area contributed by atoms with E-state index in [2.05, 4.69) is 26.1 Å². The molecule has 1 atom stereocenters. The van der Waals surface area contributed by atoms with Gasteiger partial charge in [0.2, 0.25) is 0 Å². The van der Waals surface area contributed by atoms with Gasteiger partial charge < -0.3 is 10.1 Å². The quantitative estimate of drug-likeness (QED) is 0.810. The Morgan fingerprint density at radius 1 is 1.00 bits per heavy atom. The number of nitrogens with one attached hydrogen (secondary N) is 1. The van der Waals surface area contributed by atoms with Gasteiger partial charge in [0.25, 0.3) is 5.91 Å². The number of carbonyl (C=O) groups is 2. The molecule has 0 saturated carbocycles. The van der Waals surface area contributed by atoms with Crippen molar-refractivity contribution in [3.8, 4) is 5.75 Å². The molecule has 1 N–H and O–H groups in total. The topological polar surface area (TPSA) is 55.4 Å². The minimum absolute atomic E-state index is 0.00614. The third kappa shape index (κ3) is 4.92. The van der Waals surface area contributed by atoms with Crippen LogP contribution in [-0.4, -0.2) is 17.8 Å². The van der Waals surface area contributed by atoms with Gasteiger partial charge in [0, 0.05) is 11.3 Å². The lowest BCUT2D eigenvalue weighted by Crippen LogP contribution is -2.31. The summed E-state index contributed by atoms with van der Waals surface area (Å²) >= 11 is 0. The van der Waals surface area contributed by atoms with Crippen molar-refractivity contribution in [1.29, 1.82) is 0 Å². The number of ketones is 1. The molecule has 0 fully saturated rings. The molecule has 2 rings (SSSR count). The summed E-state index contributed by atoms with van der Waals surface area (Å²) in [4.78, 5) is 23.7. The molecular weight excluding hydrogens is 314 g/mol. The lowest BCUT2D eigenvalue weighted by Gasteiger charge is -2.24. The number of amides is 1. The highest BCUT2D eigenvalue weighted by atomic mass is 16.5. The highest BCUT2D eigenvalue weighted by Gasteiger charge is 2.22. The van der Waals surface area contributed by atoms with Crippen LogP contribution in [0.4, 0.5) is 5.69 Å². The second-order valence-electron chi connectivity index (χ2n) is 7.13. The molecule has 0 aliphatic heterocycles. The number of Topliss-reactive ketones (excluding diaryl/α,β-unsaturated/α-hetero) is 1. The normalized spacial score (nSPS) is 12.4. The Balaban J connectivity index is 2.07. The van der Waals surface area contributed by atoms with E-state index in [-0.39, 0.29) is 17.1 Å². The molecule has 132 valence electrons. The molecule has 0 aliphatic rings. The van der Waals surface area contributed by atoms with Crippen molar-refractivity contribution in [2.45, 2.75) is 46.1 Å². The molecule has 2 aromatic carbocycles. The molecule has 4 heteroatoms. The Bertz CT molecular complexity index is 757. The van der Waals surface area contributed by atoms with E-state index < -0.39 is 6.10 Å². The monoisotopic (exact) mass is 339 g/mol. The number of carbonyl (C=O) groups excluding carboxylic acids is 2. The van der Waals surface area contributed by atoms with Crippen LogP contribution < -0.4 is 10.1 Å². The highest BCUT2D eigenvalue weighted by Crippen LogP contribution is 2.31. The molecule has 0 aliphatic carbocycles. The van der Waals surface area contributed by atoms with Crippen molar-refractivity contribution >= 4 is 17.4 Å². The smallest absolute Gasteiger partial charge is 0.265 e. The molecule has 0 radical (unpaired) electrons. The van der Waals surface area contributed by atoms with Crippen molar-refractivity contribution in [2.24, 2.45) is 0 Å². The van der Waals surface area contributed by atoms with E-state index in [1.165, 1.54) is 6.92 Å². The Morgan fingerprint density at radius 3 is 2.16 bits per heavy atom. The van der Waals surface area contributed by atoms with E-state index in [1.807, 2.05) is 24.3 Å². The van der Waals surface area contributed by atoms with Gasteiger partial charge in [-0.2, -0.15) is 0 Å². The lowest BCUT2D eigenvalue weighted by atomic mass is 9.86. The molecule has 1 unspecified atom stereocenters. The van der Waals surface area contributed by atoms with Gasteiger partial charge in [-0.1, -0.05) is 39.0 Å². The molecule has 0 bridgehead atoms. The average Bonchev–Trinajstić information content (AvgIpc) is 2.54. The molecule has 0 aromatic heterocycles. The molecule has 2 aromatic rings. The van der Waals surface area contributed by atoms with Gasteiger partial charge in [-0.25, -0.2) is 0 Å². The van der Waals surface area contributed by atoms with Crippen molar-refractivity contribution in [3.05, 3.63) is 59.7 Å². The fourth-order valence-electron chi connectivity index (χ4n) is 2.47. The number of para-hydroxylation sites is 1. The summed E-state index contributed by atoms with van der Waals surface area (Å²) in [5.41, 5.74) is 2.23. The predicted octanol–water partition coefficient (Wildman–Crippen LogP) is 4.59. The maximum atomic E-state index is 12.4. The van der Waals surface area contributed by atoms with Crippen LogP contribution >= 0.6 is 0 Å². The first-order chi connectivity index (χ1) is 11.7. The summed E-state index contributed by atoms with van der Waals surface area (Å²) < 4.78 is 5.90. The third-order valence-electron chi connectivity index (χ3n) is 3.93. The summed E-state index contributed by atoms with van der Waals surface area (Å²) in [5.74, 6) is 0.470. The third-order valence-corrected chi connectivity index (χ3v) is 3.93. The van der Waals surface area contributed by atoms with Gasteiger partial charge in [-0.05, 0) is 55.2 Å². The summed E-state index contributed by atoms with van der Waals surface area (Å²) in [7, 11) is 0. The molecule has 0 heterocycles. The van der Waals surface area contributed by atoms with Crippen LogP contribution in [0.25, 0.3) is 0 Å². The minimum atomic E-state index is -0.643. The number of hydrogen-bond acceptors (Lipinski definition) is 3. The van der Waals surface area contributed by atoms with E-state index in [1.54, 1.807) is 31.2 Å². The van der Waals surface area contributed by atoms with Crippen LogP contribution in [0.1, 0.15) is 50.5 Å². The predicted molar refractivity (Wildman–Crippen MR) is 100 cm³/mol. The zero-order valence-electron chi connectivity index (χ0n) is 15.4. The van der Waals surface area contributed by atoms with Gasteiger partial charge in [-0.15, -0.1) is 0 Å². The largest absolute Gasteiger partial charge is 0.481 e. The zero-order valence-corrected chi connectivity index (χ0v) is 15.4. The minimum Gasteiger partial charge on any atom is -0.481 e. The molecule has 4 nitrogen and oxygen atoms in total. The van der Waals surface area contributed by atoms with Gasteiger partial charge in [-0.3, -0.25) is 9.59 Å². The number of rotatable bonds is 5. The molecule has 25 heavy (non-hydrogen) atoms. The fraction of sp³-hybridized carbons (Fsp3) is 0.333. The van der Waals surface area contributed by atoms with E-state index in [4.69, 9.17) is 4.74 Å². The second-order valence-corrected chi connectivity index (χ2v) is 7.13. The zero-order chi connectivity index (χ0) is 18.6. The maximum absolute atomic E-state index is 12.4. The van der Waals surface area contributed by atoms with Crippen molar-refractivity contribution < 1.29 is 14.3 Å². The number of hydrogen-bond donors (Lipinski definition) is 1. The van der Waals surface area contributed by atoms with Gasteiger partial charge in [0.05, 0.1) is 0 Å². The van der Waals surface area contributed by atoms with E-state index >= 15 is 0 Å². The lowest BCUT2D eigenvalue weighted by molar-refractivity contribution is -0.122. The van der Waals surface area contributed by atoms with Crippen LogP contribution in [0.3, 0.4) is 0 Å². The molecular formula is C21H25NO3. The van der Waals surface area contributed by atoms with Crippen LogP contribution in [-0.2, 0) is 10.2 Å². The van der Waals surface area contributed by atoms with Gasteiger partial charge in [0.1, 0.15) is 5.75 Å². The Labute approximate surface area is 149 Å². The fourth-order valence-corrected chi connectivity index (χ4v) is 2.47. The van der Waals surface area contributed by atoms with E-state index in [0.717, 1.165) is 5.56 Å². The van der Waals surface area contributed by atoms with E-state index in [9.17, 15) is 9.59 Å². The Kier molecular flexibility index (Phi) is 5.62. The summed E-state index contributed by atoms with van der Waals surface area (Å²) in [5, 5.41) is 2.81.